The lowest BCUT2D eigenvalue weighted by Crippen LogP contribution is -2.21. The number of nitrogens with zero attached hydrogens (tertiary/aromatic N) is 1. The van der Waals surface area contributed by atoms with Crippen LogP contribution in [0.1, 0.15) is 5.56 Å². The first-order chi connectivity index (χ1) is 10.1. The van der Waals surface area contributed by atoms with E-state index >= 15 is 0 Å². The summed E-state index contributed by atoms with van der Waals surface area (Å²) in [6.45, 7) is 1.45. The molecule has 0 aliphatic rings. The highest BCUT2D eigenvalue weighted by Crippen LogP contribution is 2.22. The van der Waals surface area contributed by atoms with Crippen molar-refractivity contribution in [3.8, 4) is 5.75 Å². The Hall–Kier alpha value is -1.79. The van der Waals surface area contributed by atoms with Crippen molar-refractivity contribution in [1.82, 2.24) is 4.57 Å². The van der Waals surface area contributed by atoms with Crippen LogP contribution in [0.15, 0.2) is 45.8 Å². The van der Waals surface area contributed by atoms with Gasteiger partial charge in [0.1, 0.15) is 5.75 Å². The van der Waals surface area contributed by atoms with Crippen LogP contribution in [0, 0.1) is 0 Å². The number of aromatic hydroxyl groups is 1. The smallest absolute Gasteiger partial charge is 0.250 e. The van der Waals surface area contributed by atoms with E-state index in [-0.39, 0.29) is 11.3 Å². The molecule has 0 saturated carbocycles. The van der Waals surface area contributed by atoms with Crippen LogP contribution in [0.3, 0.4) is 0 Å². The number of aromatic nitrogens is 1. The highest BCUT2D eigenvalue weighted by atomic mass is 79.9. The number of phenolic OH excluding ortho intramolecular Hbond substituents is 1. The lowest BCUT2D eigenvalue weighted by Gasteiger charge is -2.11. The van der Waals surface area contributed by atoms with Gasteiger partial charge in [-0.3, -0.25) is 4.79 Å². The molecule has 2 rings (SSSR count). The predicted molar refractivity (Wildman–Crippen MR) is 85.7 cm³/mol. The molecular formula is C15H17BrN2O3. The zero-order valence-electron chi connectivity index (χ0n) is 11.7. The van der Waals surface area contributed by atoms with Crippen LogP contribution in [0.25, 0.3) is 0 Å². The van der Waals surface area contributed by atoms with E-state index in [1.54, 1.807) is 36.1 Å². The van der Waals surface area contributed by atoms with Gasteiger partial charge in [0.15, 0.2) is 0 Å². The Kier molecular flexibility index (Phi) is 5.41. The van der Waals surface area contributed by atoms with Gasteiger partial charge < -0.3 is 19.7 Å². The Balaban J connectivity index is 2.09. The maximum atomic E-state index is 11.7. The molecule has 0 fully saturated rings. The predicted octanol–water partition coefficient (Wildman–Crippen LogP) is 2.57. The van der Waals surface area contributed by atoms with E-state index < -0.39 is 0 Å². The number of methoxy groups -OCH3 is 1. The zero-order valence-corrected chi connectivity index (χ0v) is 13.3. The van der Waals surface area contributed by atoms with Gasteiger partial charge in [-0.1, -0.05) is 15.9 Å². The summed E-state index contributed by atoms with van der Waals surface area (Å²) in [6.07, 6.45) is 1.75. The molecule has 1 aromatic carbocycles. The van der Waals surface area contributed by atoms with E-state index in [1.807, 2.05) is 6.07 Å². The molecule has 21 heavy (non-hydrogen) atoms. The molecule has 1 aromatic heterocycles. The molecule has 0 aliphatic carbocycles. The number of rotatable bonds is 6. The Morgan fingerprint density at radius 3 is 2.90 bits per heavy atom. The molecule has 2 aromatic rings. The second kappa shape index (κ2) is 7.28. The minimum absolute atomic E-state index is 0.0668. The summed E-state index contributed by atoms with van der Waals surface area (Å²) in [6, 6.07) is 8.51. The third kappa shape index (κ3) is 4.34. The number of ether oxygens (including phenoxy) is 1. The molecule has 0 bridgehead atoms. The third-order valence-corrected chi connectivity index (χ3v) is 3.54. The normalized spacial score (nSPS) is 10.6. The fourth-order valence-corrected chi connectivity index (χ4v) is 2.30. The van der Waals surface area contributed by atoms with Gasteiger partial charge in [-0.15, -0.1) is 0 Å². The summed E-state index contributed by atoms with van der Waals surface area (Å²) < 4.78 is 7.48. The topological polar surface area (TPSA) is 63.5 Å². The van der Waals surface area contributed by atoms with Gasteiger partial charge in [0.2, 0.25) is 0 Å². The van der Waals surface area contributed by atoms with Crippen LogP contribution in [0.2, 0.25) is 0 Å². The molecule has 112 valence electrons. The van der Waals surface area contributed by atoms with Crippen LogP contribution < -0.4 is 10.9 Å². The van der Waals surface area contributed by atoms with Crippen molar-refractivity contribution in [2.75, 3.05) is 19.0 Å². The number of benzene rings is 1. The fraction of sp³-hybridized carbons (Fsp3) is 0.267. The van der Waals surface area contributed by atoms with Crippen molar-refractivity contribution in [2.24, 2.45) is 0 Å². The van der Waals surface area contributed by atoms with Crippen LogP contribution in [-0.2, 0) is 17.8 Å². The number of hydrogen-bond donors (Lipinski definition) is 2. The summed E-state index contributed by atoms with van der Waals surface area (Å²) >= 11 is 3.37. The first kappa shape index (κ1) is 15.6. The number of anilines is 1. The van der Waals surface area contributed by atoms with Crippen LogP contribution in [-0.4, -0.2) is 23.4 Å². The summed E-state index contributed by atoms with van der Waals surface area (Å²) in [5.41, 5.74) is 1.52. The lowest BCUT2D eigenvalue weighted by atomic mass is 10.2. The van der Waals surface area contributed by atoms with Gasteiger partial charge in [-0.05, 0) is 24.3 Å². The van der Waals surface area contributed by atoms with Crippen molar-refractivity contribution in [2.45, 2.75) is 13.1 Å². The van der Waals surface area contributed by atoms with Gasteiger partial charge in [0.25, 0.3) is 5.56 Å². The molecule has 0 amide bonds. The maximum Gasteiger partial charge on any atom is 0.250 e. The maximum absolute atomic E-state index is 11.7. The molecule has 0 aliphatic heterocycles. The van der Waals surface area contributed by atoms with Crippen LogP contribution >= 0.6 is 15.9 Å². The third-order valence-electron chi connectivity index (χ3n) is 3.04. The van der Waals surface area contributed by atoms with Crippen molar-refractivity contribution < 1.29 is 9.84 Å². The molecule has 2 N–H and O–H groups in total. The quantitative estimate of drug-likeness (QED) is 0.838. The van der Waals surface area contributed by atoms with E-state index in [0.717, 1.165) is 15.7 Å². The summed E-state index contributed by atoms with van der Waals surface area (Å²) in [4.78, 5) is 11.7. The van der Waals surface area contributed by atoms with E-state index in [2.05, 4.69) is 21.2 Å². The Morgan fingerprint density at radius 1 is 1.33 bits per heavy atom. The van der Waals surface area contributed by atoms with Gasteiger partial charge in [0, 0.05) is 42.5 Å². The van der Waals surface area contributed by atoms with Crippen molar-refractivity contribution in [1.29, 1.82) is 0 Å². The molecule has 0 atom stereocenters. The molecule has 0 unspecified atom stereocenters. The highest BCUT2D eigenvalue weighted by Gasteiger charge is 2.03. The van der Waals surface area contributed by atoms with Gasteiger partial charge in [-0.2, -0.15) is 0 Å². The lowest BCUT2D eigenvalue weighted by molar-refractivity contribution is 0.186. The Morgan fingerprint density at radius 2 is 2.14 bits per heavy atom. The molecular weight excluding hydrogens is 336 g/mol. The first-order valence-electron chi connectivity index (χ1n) is 6.51. The Labute approximate surface area is 131 Å². The van der Waals surface area contributed by atoms with Gasteiger partial charge >= 0.3 is 0 Å². The molecule has 0 spiro atoms. The number of phenols is 1. The Bertz CT molecular complexity index is 670. The number of nitrogens with one attached hydrogen (secondary N) is 1. The van der Waals surface area contributed by atoms with Crippen LogP contribution in [0.5, 0.6) is 5.75 Å². The van der Waals surface area contributed by atoms with E-state index in [4.69, 9.17) is 4.74 Å². The highest BCUT2D eigenvalue weighted by molar-refractivity contribution is 9.10. The minimum Gasteiger partial charge on any atom is -0.508 e. The van der Waals surface area contributed by atoms with E-state index in [1.165, 1.54) is 6.07 Å². The fourth-order valence-electron chi connectivity index (χ4n) is 1.89. The second-order valence-corrected chi connectivity index (χ2v) is 5.48. The van der Waals surface area contributed by atoms with Crippen molar-refractivity contribution in [3.63, 3.8) is 0 Å². The van der Waals surface area contributed by atoms with Crippen molar-refractivity contribution in [3.05, 3.63) is 56.9 Å². The second-order valence-electron chi connectivity index (χ2n) is 4.57. The molecule has 5 nitrogen and oxygen atoms in total. The standard InChI is InChI=1S/C15H17BrN2O3/c1-21-7-6-18-10-13(3-5-15(18)20)17-9-11-8-12(16)2-4-14(11)19/h2-5,8,10,17,19H,6-7,9H2,1H3. The average molecular weight is 353 g/mol. The van der Waals surface area contributed by atoms with Crippen LogP contribution in [0.4, 0.5) is 5.69 Å². The number of halogens is 1. The summed E-state index contributed by atoms with van der Waals surface area (Å²) in [5, 5.41) is 13.0. The number of pyridine rings is 1. The summed E-state index contributed by atoms with van der Waals surface area (Å²) in [5.74, 6) is 0.235. The monoisotopic (exact) mass is 352 g/mol. The van der Waals surface area contributed by atoms with Gasteiger partial charge in [0.05, 0.1) is 12.3 Å². The number of hydrogen-bond acceptors (Lipinski definition) is 4. The van der Waals surface area contributed by atoms with Gasteiger partial charge in [-0.25, -0.2) is 0 Å². The van der Waals surface area contributed by atoms with E-state index in [9.17, 15) is 9.90 Å². The first-order valence-corrected chi connectivity index (χ1v) is 7.30. The molecule has 1 heterocycles. The minimum atomic E-state index is -0.0668. The van der Waals surface area contributed by atoms with E-state index in [0.29, 0.717) is 19.7 Å². The molecule has 0 radical (unpaired) electrons. The largest absolute Gasteiger partial charge is 0.508 e. The SMILES string of the molecule is COCCn1cc(NCc2cc(Br)ccc2O)ccc1=O. The average Bonchev–Trinajstić information content (AvgIpc) is 2.48. The summed E-state index contributed by atoms with van der Waals surface area (Å²) in [7, 11) is 1.60. The molecule has 6 heteroatoms. The van der Waals surface area contributed by atoms with Crippen molar-refractivity contribution >= 4 is 21.6 Å². The molecule has 0 saturated heterocycles. The zero-order chi connectivity index (χ0) is 15.2.